The lowest BCUT2D eigenvalue weighted by atomic mass is 9.43. The van der Waals surface area contributed by atoms with Gasteiger partial charge in [-0.3, -0.25) is 4.79 Å². The van der Waals surface area contributed by atoms with E-state index in [1.807, 2.05) is 0 Å². The zero-order valence-electron chi connectivity index (χ0n) is 15.9. The Kier molecular flexibility index (Phi) is 3.97. The summed E-state index contributed by atoms with van der Waals surface area (Å²) < 4.78 is 0. The molecule has 142 valence electrons. The highest BCUT2D eigenvalue weighted by atomic mass is 16.3. The van der Waals surface area contributed by atoms with E-state index in [0.29, 0.717) is 18.3 Å². The third-order valence-corrected chi connectivity index (χ3v) is 9.39. The average molecular weight is 350 g/mol. The number of hydrogen-bond acceptors (Lipinski definition) is 4. The van der Waals surface area contributed by atoms with Gasteiger partial charge < -0.3 is 15.3 Å². The van der Waals surface area contributed by atoms with E-state index in [0.717, 1.165) is 44.9 Å². The summed E-state index contributed by atoms with van der Waals surface area (Å²) in [5, 5.41) is 32.3. The predicted molar refractivity (Wildman–Crippen MR) is 94.8 cm³/mol. The zero-order chi connectivity index (χ0) is 18.2. The number of carbonyl (C=O) groups excluding carboxylic acids is 1. The Hall–Kier alpha value is -0.450. The van der Waals surface area contributed by atoms with Crippen LogP contribution in [0.2, 0.25) is 0 Å². The molecule has 4 nitrogen and oxygen atoms in total. The molecule has 4 aliphatic carbocycles. The molecule has 4 saturated carbocycles. The van der Waals surface area contributed by atoms with Crippen LogP contribution in [0.3, 0.4) is 0 Å². The molecule has 0 saturated heterocycles. The van der Waals surface area contributed by atoms with Gasteiger partial charge in [0.2, 0.25) is 0 Å². The fourth-order valence-corrected chi connectivity index (χ4v) is 7.80. The van der Waals surface area contributed by atoms with E-state index in [1.165, 1.54) is 6.92 Å². The first-order valence-corrected chi connectivity index (χ1v) is 10.2. The van der Waals surface area contributed by atoms with E-state index in [1.54, 1.807) is 0 Å². The van der Waals surface area contributed by atoms with Crippen LogP contribution in [-0.2, 0) is 4.79 Å². The van der Waals surface area contributed by atoms with Gasteiger partial charge in [0.1, 0.15) is 5.60 Å². The summed E-state index contributed by atoms with van der Waals surface area (Å²) in [5.74, 6) is 1.14. The molecule has 4 fully saturated rings. The van der Waals surface area contributed by atoms with Gasteiger partial charge in [-0.2, -0.15) is 0 Å². The van der Waals surface area contributed by atoms with Crippen molar-refractivity contribution in [1.29, 1.82) is 0 Å². The molecule has 0 unspecified atom stereocenters. The van der Waals surface area contributed by atoms with Crippen molar-refractivity contribution < 1.29 is 20.1 Å². The van der Waals surface area contributed by atoms with Crippen LogP contribution in [0.25, 0.3) is 0 Å². The van der Waals surface area contributed by atoms with Gasteiger partial charge in [0, 0.05) is 5.41 Å². The Bertz CT molecular complexity index is 576. The molecule has 25 heavy (non-hydrogen) atoms. The van der Waals surface area contributed by atoms with Crippen molar-refractivity contribution in [2.45, 2.75) is 89.9 Å². The number of carbonyl (C=O) groups is 1. The molecule has 4 aliphatic rings. The molecule has 4 rings (SSSR count). The number of aliphatic hydroxyl groups excluding tert-OH is 2. The van der Waals surface area contributed by atoms with Crippen molar-refractivity contribution in [2.75, 3.05) is 0 Å². The maximum absolute atomic E-state index is 12.3. The third-order valence-electron chi connectivity index (χ3n) is 9.39. The standard InChI is InChI=1S/C21H34O4/c1-12(22)21(25)9-6-16-18-15(5-8-20(16,21)3)19(2)7-4-14(23)10-13(19)11-17(18)24/h13-18,23-25H,4-11H2,1-3H3/t13-,14-,15+,16+,17+,18-,19+,20+,21+/m1/s1. The lowest BCUT2D eigenvalue weighted by Gasteiger charge is -2.62. The van der Waals surface area contributed by atoms with E-state index < -0.39 is 11.0 Å². The van der Waals surface area contributed by atoms with Crippen LogP contribution >= 0.6 is 0 Å². The highest BCUT2D eigenvalue weighted by molar-refractivity contribution is 5.86. The van der Waals surface area contributed by atoms with Gasteiger partial charge in [0.15, 0.2) is 5.78 Å². The fraction of sp³-hybridized carbons (Fsp3) is 0.952. The molecule has 0 bridgehead atoms. The molecular weight excluding hydrogens is 316 g/mol. The third kappa shape index (κ3) is 2.20. The molecule has 0 aliphatic heterocycles. The van der Waals surface area contributed by atoms with Crippen molar-refractivity contribution in [1.82, 2.24) is 0 Å². The summed E-state index contributed by atoms with van der Waals surface area (Å²) in [6.45, 7) is 5.99. The quantitative estimate of drug-likeness (QED) is 0.679. The topological polar surface area (TPSA) is 77.8 Å². The first-order chi connectivity index (χ1) is 11.6. The maximum Gasteiger partial charge on any atom is 0.161 e. The number of fused-ring (bicyclic) bond motifs is 5. The minimum Gasteiger partial charge on any atom is -0.393 e. The second kappa shape index (κ2) is 5.53. The Balaban J connectivity index is 1.69. The summed E-state index contributed by atoms with van der Waals surface area (Å²) in [7, 11) is 0. The maximum atomic E-state index is 12.3. The molecular formula is C21H34O4. The van der Waals surface area contributed by atoms with Crippen molar-refractivity contribution in [3.05, 3.63) is 0 Å². The van der Waals surface area contributed by atoms with Crippen molar-refractivity contribution >= 4 is 5.78 Å². The van der Waals surface area contributed by atoms with Gasteiger partial charge in [-0.05, 0) is 87.4 Å². The lowest BCUT2D eigenvalue weighted by Crippen LogP contribution is -2.61. The lowest BCUT2D eigenvalue weighted by molar-refractivity contribution is -0.193. The van der Waals surface area contributed by atoms with Crippen LogP contribution in [0.4, 0.5) is 0 Å². The van der Waals surface area contributed by atoms with E-state index in [2.05, 4.69) is 13.8 Å². The van der Waals surface area contributed by atoms with E-state index >= 15 is 0 Å². The molecule has 0 spiro atoms. The van der Waals surface area contributed by atoms with E-state index in [-0.39, 0.29) is 35.2 Å². The van der Waals surface area contributed by atoms with Crippen molar-refractivity contribution in [3.63, 3.8) is 0 Å². The number of aliphatic hydroxyl groups is 3. The van der Waals surface area contributed by atoms with Crippen LogP contribution in [0.1, 0.15) is 72.1 Å². The highest BCUT2D eigenvalue weighted by Crippen LogP contribution is 2.68. The summed E-state index contributed by atoms with van der Waals surface area (Å²) >= 11 is 0. The molecule has 0 aromatic rings. The Labute approximate surface area is 151 Å². The van der Waals surface area contributed by atoms with Gasteiger partial charge in [0.05, 0.1) is 12.2 Å². The summed E-state index contributed by atoms with van der Waals surface area (Å²) in [6, 6.07) is 0. The van der Waals surface area contributed by atoms with Crippen LogP contribution in [0.15, 0.2) is 0 Å². The number of hydrogen-bond donors (Lipinski definition) is 3. The minimum absolute atomic E-state index is 0.105. The summed E-state index contributed by atoms with van der Waals surface area (Å²) in [6.07, 6.45) is 6.12. The first-order valence-electron chi connectivity index (χ1n) is 10.2. The zero-order valence-corrected chi connectivity index (χ0v) is 15.9. The fourth-order valence-electron chi connectivity index (χ4n) is 7.80. The summed E-state index contributed by atoms with van der Waals surface area (Å²) in [4.78, 5) is 12.3. The molecule has 0 radical (unpaired) electrons. The Morgan fingerprint density at radius 1 is 0.960 bits per heavy atom. The van der Waals surface area contributed by atoms with Crippen LogP contribution < -0.4 is 0 Å². The van der Waals surface area contributed by atoms with Gasteiger partial charge in [0.25, 0.3) is 0 Å². The Morgan fingerprint density at radius 2 is 1.64 bits per heavy atom. The molecule has 0 aromatic heterocycles. The molecule has 4 heteroatoms. The molecule has 0 amide bonds. The predicted octanol–water partition coefficient (Wildman–Crippen LogP) is 2.68. The van der Waals surface area contributed by atoms with Crippen LogP contribution in [0, 0.1) is 34.5 Å². The molecule has 9 atom stereocenters. The van der Waals surface area contributed by atoms with E-state index in [9.17, 15) is 20.1 Å². The minimum atomic E-state index is -1.22. The van der Waals surface area contributed by atoms with Gasteiger partial charge in [-0.1, -0.05) is 13.8 Å². The van der Waals surface area contributed by atoms with E-state index in [4.69, 9.17) is 0 Å². The molecule has 3 N–H and O–H groups in total. The van der Waals surface area contributed by atoms with Crippen molar-refractivity contribution in [3.8, 4) is 0 Å². The average Bonchev–Trinajstić information content (AvgIpc) is 2.82. The highest BCUT2D eigenvalue weighted by Gasteiger charge is 2.67. The first kappa shape index (κ1) is 17.9. The smallest absolute Gasteiger partial charge is 0.161 e. The van der Waals surface area contributed by atoms with Gasteiger partial charge >= 0.3 is 0 Å². The second-order valence-corrected chi connectivity index (χ2v) is 10.1. The van der Waals surface area contributed by atoms with Crippen molar-refractivity contribution in [2.24, 2.45) is 34.5 Å². The number of ketones is 1. The normalized spacial score (nSPS) is 58.2. The Morgan fingerprint density at radius 3 is 2.32 bits per heavy atom. The SMILES string of the molecule is CC(=O)[C@@]1(O)CC[C@H]2[C@@H]3[C@@H](O)C[C@H]4C[C@H](O)CC[C@]4(C)[C@H]3CC[C@@]21C. The van der Waals surface area contributed by atoms with Gasteiger partial charge in [-0.25, -0.2) is 0 Å². The van der Waals surface area contributed by atoms with Gasteiger partial charge in [-0.15, -0.1) is 0 Å². The number of rotatable bonds is 1. The molecule has 0 aromatic carbocycles. The molecule has 0 heterocycles. The van der Waals surface area contributed by atoms with Crippen LogP contribution in [-0.4, -0.2) is 38.9 Å². The number of Topliss-reactive ketones (excluding diaryl/α,β-unsaturated/α-hetero) is 1. The monoisotopic (exact) mass is 350 g/mol. The largest absolute Gasteiger partial charge is 0.393 e. The second-order valence-electron chi connectivity index (χ2n) is 10.1. The summed E-state index contributed by atoms with van der Waals surface area (Å²) in [5.41, 5.74) is -1.44. The van der Waals surface area contributed by atoms with Crippen LogP contribution in [0.5, 0.6) is 0 Å².